The minimum absolute atomic E-state index is 0. The van der Waals surface area contributed by atoms with E-state index in [9.17, 15) is 18.9 Å². The summed E-state index contributed by atoms with van der Waals surface area (Å²) in [4.78, 5) is 20.1. The van der Waals surface area contributed by atoms with Crippen molar-refractivity contribution >= 4 is 15.2 Å². The van der Waals surface area contributed by atoms with Crippen molar-refractivity contribution in [3.63, 3.8) is 0 Å². The van der Waals surface area contributed by atoms with Crippen LogP contribution in [0.15, 0.2) is 0 Å². The van der Waals surface area contributed by atoms with Crippen LogP contribution in [0.5, 0.6) is 0 Å². The van der Waals surface area contributed by atoms with Crippen molar-refractivity contribution in [2.24, 2.45) is 0 Å². The zero-order chi connectivity index (χ0) is 11.8. The van der Waals surface area contributed by atoms with Crippen molar-refractivity contribution < 1.29 is 44.7 Å². The number of rotatable bonds is 4. The van der Waals surface area contributed by atoms with E-state index < -0.39 is 15.2 Å². The third kappa shape index (κ3) is 31.3. The van der Waals surface area contributed by atoms with Crippen LogP contribution in [-0.2, 0) is 35.0 Å². The number of hydrogen-bond acceptors (Lipinski definition) is 6. The molecule has 0 aromatic carbocycles. The van der Waals surface area contributed by atoms with Gasteiger partial charge in [0.15, 0.2) is 0 Å². The molecule has 0 fully saturated rings. The first kappa shape index (κ1) is 21.1. The predicted molar refractivity (Wildman–Crippen MR) is 50.3 cm³/mol. The van der Waals surface area contributed by atoms with Crippen molar-refractivity contribution in [2.45, 2.75) is 13.8 Å². The minimum Gasteiger partial charge on any atom is -0.779 e. The van der Waals surface area contributed by atoms with Gasteiger partial charge in [0.1, 0.15) is 15.2 Å². The Balaban J connectivity index is -0.000000180. The van der Waals surface area contributed by atoms with E-state index in [-0.39, 0.29) is 30.0 Å². The molecule has 0 aliphatic rings. The molecule has 0 aromatic rings. The second-order valence-electron chi connectivity index (χ2n) is 2.38. The molecule has 0 saturated carbocycles. The molecule has 6 nitrogen and oxygen atoms in total. The fourth-order valence-corrected chi connectivity index (χ4v) is 1.41. The monoisotopic (exact) mass is 305 g/mol. The van der Waals surface area contributed by atoms with Crippen LogP contribution < -0.4 is 9.79 Å². The fraction of sp³-hybridized carbons (Fsp3) is 1.00. The van der Waals surface area contributed by atoms with E-state index >= 15 is 0 Å². The Bertz CT molecular complexity index is 198. The summed E-state index contributed by atoms with van der Waals surface area (Å²) in [6, 6.07) is 0. The van der Waals surface area contributed by atoms with E-state index in [0.717, 1.165) is 13.3 Å². The molecule has 0 aliphatic carbocycles. The summed E-state index contributed by atoms with van der Waals surface area (Å²) in [6.45, 7) is 5.84. The van der Waals surface area contributed by atoms with Crippen LogP contribution in [0.2, 0.25) is 0 Å². The van der Waals surface area contributed by atoms with Gasteiger partial charge in [-0.3, -0.25) is 0 Å². The summed E-state index contributed by atoms with van der Waals surface area (Å²) in [5.41, 5.74) is 0. The van der Waals surface area contributed by atoms with E-state index in [1.54, 1.807) is 13.8 Å². The van der Waals surface area contributed by atoms with Crippen molar-refractivity contribution in [1.29, 1.82) is 0 Å². The predicted octanol–water partition coefficient (Wildman–Crippen LogP) is 0.410. The fourth-order valence-electron chi connectivity index (χ4n) is 0.469. The Hall–Kier alpha value is 0.806. The summed E-state index contributed by atoms with van der Waals surface area (Å²) < 4.78 is 28.5. The normalized spacial score (nSPS) is 17.5. The quantitative estimate of drug-likeness (QED) is 0.698. The van der Waals surface area contributed by atoms with Gasteiger partial charge in [-0.15, -0.1) is 0 Å². The zero-order valence-electron chi connectivity index (χ0n) is 9.09. The van der Waals surface area contributed by atoms with Gasteiger partial charge in [0.05, 0.1) is 13.2 Å². The molecule has 0 heterocycles. The van der Waals surface area contributed by atoms with Crippen LogP contribution in [0.25, 0.3) is 0 Å². The van der Waals surface area contributed by atoms with Gasteiger partial charge in [-0.25, -0.2) is 0 Å². The first-order valence-electron chi connectivity index (χ1n) is 3.98. The molecule has 1 radical (unpaired) electrons. The molecule has 95 valence electrons. The molecule has 15 heavy (non-hydrogen) atoms. The van der Waals surface area contributed by atoms with Gasteiger partial charge >= 0.3 is 16.8 Å². The summed E-state index contributed by atoms with van der Waals surface area (Å²) >= 11 is 0. The van der Waals surface area contributed by atoms with Crippen LogP contribution in [0.4, 0.5) is 0 Å². The van der Waals surface area contributed by atoms with Gasteiger partial charge in [0.25, 0.3) is 0 Å². The van der Waals surface area contributed by atoms with Crippen LogP contribution in [0.3, 0.4) is 0 Å². The Morgan fingerprint density at radius 1 is 0.933 bits per heavy atom. The maximum atomic E-state index is 10.0. The standard InChI is InChI=1S/2C3H9O3P.Co/c2*1-3-6-7(2,4)5;/h2*3H2,1-2H3,(H,4,5);/q;;+2/p-2. The van der Waals surface area contributed by atoms with Crippen LogP contribution in [-0.4, -0.2) is 26.5 Å². The van der Waals surface area contributed by atoms with E-state index in [0.29, 0.717) is 0 Å². The zero-order valence-corrected chi connectivity index (χ0v) is 11.9. The second-order valence-corrected chi connectivity index (χ2v) is 5.98. The SMILES string of the molecule is CCOP(C)(=O)[O-].CCOP(C)(=O)[O-].[Co+2]. The Kier molecular flexibility index (Phi) is 14.1. The van der Waals surface area contributed by atoms with E-state index in [4.69, 9.17) is 0 Å². The molecule has 2 unspecified atom stereocenters. The minimum atomic E-state index is -3.42. The van der Waals surface area contributed by atoms with Crippen molar-refractivity contribution in [3.05, 3.63) is 0 Å². The first-order chi connectivity index (χ1) is 6.12. The summed E-state index contributed by atoms with van der Waals surface area (Å²) in [5, 5.41) is 0. The Morgan fingerprint density at radius 2 is 1.13 bits per heavy atom. The first-order valence-corrected chi connectivity index (χ1v) is 7.96. The van der Waals surface area contributed by atoms with Gasteiger partial charge in [0, 0.05) is 13.3 Å². The maximum Gasteiger partial charge on any atom is 2.00 e. The van der Waals surface area contributed by atoms with Gasteiger partial charge in [0.2, 0.25) is 0 Å². The molecule has 0 aromatic heterocycles. The van der Waals surface area contributed by atoms with Crippen molar-refractivity contribution in [3.8, 4) is 0 Å². The summed E-state index contributed by atoms with van der Waals surface area (Å²) in [7, 11) is -6.83. The Morgan fingerprint density at radius 3 is 1.13 bits per heavy atom. The molecule has 2 atom stereocenters. The molecular formula is C6H16CoO6P2. The van der Waals surface area contributed by atoms with Crippen molar-refractivity contribution in [2.75, 3.05) is 26.5 Å². The van der Waals surface area contributed by atoms with Crippen LogP contribution in [0, 0.1) is 0 Å². The number of hydrogen-bond donors (Lipinski definition) is 0. The molecule has 0 saturated heterocycles. The smallest absolute Gasteiger partial charge is 0.779 e. The van der Waals surface area contributed by atoms with E-state index in [2.05, 4.69) is 9.05 Å². The van der Waals surface area contributed by atoms with Crippen molar-refractivity contribution in [1.82, 2.24) is 0 Å². The van der Waals surface area contributed by atoms with Gasteiger partial charge in [-0.05, 0) is 13.8 Å². The Labute approximate surface area is 101 Å². The molecule has 0 bridgehead atoms. The molecule has 0 aliphatic heterocycles. The molecule has 0 amide bonds. The average Bonchev–Trinajstić information content (AvgIpc) is 1.81. The topological polar surface area (TPSA) is 98.7 Å². The van der Waals surface area contributed by atoms with Gasteiger partial charge < -0.3 is 28.0 Å². The molecule has 0 spiro atoms. The van der Waals surface area contributed by atoms with E-state index in [1.165, 1.54) is 0 Å². The molecule has 0 N–H and O–H groups in total. The van der Waals surface area contributed by atoms with Crippen LogP contribution in [0.1, 0.15) is 13.8 Å². The molecule has 9 heteroatoms. The van der Waals surface area contributed by atoms with Crippen LogP contribution >= 0.6 is 15.2 Å². The third-order valence-corrected chi connectivity index (χ3v) is 2.18. The van der Waals surface area contributed by atoms with Gasteiger partial charge in [-0.2, -0.15) is 0 Å². The largest absolute Gasteiger partial charge is 2.00 e. The molecular weight excluding hydrogens is 289 g/mol. The summed E-state index contributed by atoms with van der Waals surface area (Å²) in [5.74, 6) is 0. The maximum absolute atomic E-state index is 10.0. The van der Waals surface area contributed by atoms with E-state index in [1.807, 2.05) is 0 Å². The second kappa shape index (κ2) is 9.99. The average molecular weight is 305 g/mol. The van der Waals surface area contributed by atoms with Gasteiger partial charge in [-0.1, -0.05) is 0 Å². The summed E-state index contributed by atoms with van der Waals surface area (Å²) in [6.07, 6.45) is 0. The molecule has 0 rings (SSSR count). The third-order valence-electron chi connectivity index (χ3n) is 0.727.